The Morgan fingerprint density at radius 3 is 2.61 bits per heavy atom. The van der Waals surface area contributed by atoms with Gasteiger partial charge < -0.3 is 24.1 Å². The Morgan fingerprint density at radius 2 is 1.94 bits per heavy atom. The Hall–Kier alpha value is -4.28. The lowest BCUT2D eigenvalue weighted by Gasteiger charge is -2.17. The maximum absolute atomic E-state index is 12.6. The monoisotopic (exact) mass is 501 g/mol. The van der Waals surface area contributed by atoms with Crippen molar-refractivity contribution in [2.75, 3.05) is 6.61 Å². The number of phenolic OH excluding ortho intramolecular Hbond substituents is 1. The summed E-state index contributed by atoms with van der Waals surface area (Å²) >= 11 is 0. The number of allylic oxidation sites excluding steroid dienone is 1. The molecule has 4 aromatic rings. The third-order valence-electron chi connectivity index (χ3n) is 5.31. The normalized spacial score (nSPS) is 13.1. The van der Waals surface area contributed by atoms with E-state index >= 15 is 0 Å². The summed E-state index contributed by atoms with van der Waals surface area (Å²) in [4.78, 5) is 15.9. The smallest absolute Gasteiger partial charge is 0.471 e. The maximum Gasteiger partial charge on any atom is 0.471 e. The Bertz CT molecular complexity index is 1390. The highest BCUT2D eigenvalue weighted by Gasteiger charge is 2.38. The summed E-state index contributed by atoms with van der Waals surface area (Å²) < 4.78 is 53.6. The molecule has 0 bridgehead atoms. The zero-order valence-electron chi connectivity index (χ0n) is 19.3. The number of aromatic hydroxyl groups is 1. The van der Waals surface area contributed by atoms with Crippen LogP contribution in [0.25, 0.3) is 27.9 Å². The van der Waals surface area contributed by atoms with Crippen LogP contribution >= 0.6 is 0 Å². The van der Waals surface area contributed by atoms with Crippen LogP contribution < -0.4 is 10.1 Å². The highest BCUT2D eigenvalue weighted by Crippen LogP contribution is 2.30. The summed E-state index contributed by atoms with van der Waals surface area (Å²) in [7, 11) is 0. The molecular formula is C25H22F3N3O5. The number of nitrogens with zero attached hydrogens (tertiary/aromatic N) is 2. The second kappa shape index (κ2) is 10.1. The molecule has 2 heterocycles. The predicted molar refractivity (Wildman–Crippen MR) is 124 cm³/mol. The van der Waals surface area contributed by atoms with Crippen molar-refractivity contribution >= 4 is 22.4 Å². The van der Waals surface area contributed by atoms with Crippen LogP contribution in [0.5, 0.6) is 11.5 Å². The lowest BCUT2D eigenvalue weighted by Crippen LogP contribution is -2.37. The van der Waals surface area contributed by atoms with Crippen LogP contribution in [-0.2, 0) is 11.0 Å². The minimum atomic E-state index is -4.71. The van der Waals surface area contributed by atoms with Crippen LogP contribution in [0.15, 0.2) is 63.5 Å². The van der Waals surface area contributed by atoms with Gasteiger partial charge in [-0.3, -0.25) is 4.79 Å². The zero-order chi connectivity index (χ0) is 25.9. The van der Waals surface area contributed by atoms with Gasteiger partial charge in [0.15, 0.2) is 0 Å². The molecule has 2 aromatic heterocycles. The van der Waals surface area contributed by atoms with Crippen molar-refractivity contribution in [1.29, 1.82) is 0 Å². The number of alkyl halides is 3. The molecule has 4 rings (SSSR count). The molecule has 1 amide bonds. The second-order valence-electron chi connectivity index (χ2n) is 8.03. The Balaban J connectivity index is 1.33. The fraction of sp³-hybridized carbons (Fsp3) is 0.240. The summed E-state index contributed by atoms with van der Waals surface area (Å²) in [6, 6.07) is 12.4. The molecule has 11 heteroatoms. The Morgan fingerprint density at radius 1 is 1.19 bits per heavy atom. The van der Waals surface area contributed by atoms with Crippen molar-refractivity contribution in [3.63, 3.8) is 0 Å². The summed E-state index contributed by atoms with van der Waals surface area (Å²) in [5.74, 6) is -0.819. The van der Waals surface area contributed by atoms with Crippen molar-refractivity contribution in [1.82, 2.24) is 15.5 Å². The van der Waals surface area contributed by atoms with Gasteiger partial charge in [0, 0.05) is 17.0 Å². The Kier molecular flexibility index (Phi) is 7.00. The standard InChI is InChI=1S/C25H22F3N3O5/c1-3-17(29-22(33)10-14(2)21-12-16-11-18(32)6-9-20(16)35-21)13-34-19-7-4-15(5-8-19)23-30-24(36-31-23)25(26,27)28/h4-12,17,32H,3,13H2,1-2H3,(H,29,33). The van der Waals surface area contributed by atoms with Gasteiger partial charge in [0.05, 0.1) is 6.04 Å². The number of rotatable bonds is 8. The molecule has 2 N–H and O–H groups in total. The fourth-order valence-electron chi connectivity index (χ4n) is 3.35. The van der Waals surface area contributed by atoms with Gasteiger partial charge in [-0.25, -0.2) is 0 Å². The van der Waals surface area contributed by atoms with Crippen LogP contribution in [0.3, 0.4) is 0 Å². The molecule has 188 valence electrons. The molecule has 1 atom stereocenters. The fourth-order valence-corrected chi connectivity index (χ4v) is 3.35. The quantitative estimate of drug-likeness (QED) is 0.303. The van der Waals surface area contributed by atoms with Crippen LogP contribution in [0.2, 0.25) is 0 Å². The van der Waals surface area contributed by atoms with E-state index in [0.29, 0.717) is 34.7 Å². The van der Waals surface area contributed by atoms with Crippen LogP contribution in [0, 0.1) is 0 Å². The number of ether oxygens (including phenoxy) is 1. The highest BCUT2D eigenvalue weighted by molar-refractivity contribution is 5.95. The van der Waals surface area contributed by atoms with Crippen molar-refractivity contribution in [3.05, 3.63) is 66.3 Å². The number of hydrogen-bond donors (Lipinski definition) is 2. The van der Waals surface area contributed by atoms with E-state index < -0.39 is 12.1 Å². The average Bonchev–Trinajstić information content (AvgIpc) is 3.49. The summed E-state index contributed by atoms with van der Waals surface area (Å²) in [6.07, 6.45) is -2.68. The number of halogens is 3. The topological polar surface area (TPSA) is 111 Å². The first-order valence-electron chi connectivity index (χ1n) is 11.0. The number of benzene rings is 2. The van der Waals surface area contributed by atoms with Gasteiger partial charge >= 0.3 is 12.1 Å². The number of fused-ring (bicyclic) bond motifs is 1. The van der Waals surface area contributed by atoms with E-state index in [1.54, 1.807) is 37.3 Å². The van der Waals surface area contributed by atoms with Gasteiger partial charge in [0.1, 0.15) is 29.4 Å². The third kappa shape index (κ3) is 5.85. The molecule has 0 saturated heterocycles. The van der Waals surface area contributed by atoms with Crippen molar-refractivity contribution in [3.8, 4) is 22.9 Å². The molecule has 0 spiro atoms. The molecule has 0 aliphatic carbocycles. The molecule has 0 aliphatic heterocycles. The maximum atomic E-state index is 12.6. The van der Waals surface area contributed by atoms with E-state index in [0.717, 1.165) is 5.39 Å². The number of furan rings is 1. The number of amides is 1. The molecule has 1 unspecified atom stereocenters. The summed E-state index contributed by atoms with van der Waals surface area (Å²) in [6.45, 7) is 3.82. The van der Waals surface area contributed by atoms with E-state index in [1.165, 1.54) is 24.3 Å². The number of phenols is 1. The van der Waals surface area contributed by atoms with Crippen molar-refractivity contribution in [2.24, 2.45) is 0 Å². The first-order valence-corrected chi connectivity index (χ1v) is 11.0. The summed E-state index contributed by atoms with van der Waals surface area (Å²) in [5, 5.41) is 16.5. The van der Waals surface area contributed by atoms with Crippen LogP contribution in [-0.4, -0.2) is 33.8 Å². The first-order chi connectivity index (χ1) is 17.1. The van der Waals surface area contributed by atoms with E-state index in [-0.39, 0.29) is 30.1 Å². The van der Waals surface area contributed by atoms with Gasteiger partial charge in [-0.05, 0) is 67.4 Å². The number of hydrogen-bond acceptors (Lipinski definition) is 7. The molecule has 36 heavy (non-hydrogen) atoms. The zero-order valence-corrected chi connectivity index (χ0v) is 19.3. The highest BCUT2D eigenvalue weighted by atomic mass is 19.4. The molecule has 0 radical (unpaired) electrons. The predicted octanol–water partition coefficient (Wildman–Crippen LogP) is 5.58. The molecule has 8 nitrogen and oxygen atoms in total. The van der Waals surface area contributed by atoms with Crippen LogP contribution in [0.4, 0.5) is 13.2 Å². The van der Waals surface area contributed by atoms with E-state index in [1.807, 2.05) is 6.92 Å². The lowest BCUT2D eigenvalue weighted by atomic mass is 10.1. The van der Waals surface area contributed by atoms with Gasteiger partial charge in [0.25, 0.3) is 0 Å². The minimum Gasteiger partial charge on any atom is -0.508 e. The SMILES string of the molecule is CCC(COc1ccc(-c2noc(C(F)(F)F)n2)cc1)NC(=O)C=C(C)c1cc2cc(O)ccc2o1. The van der Waals surface area contributed by atoms with Gasteiger partial charge in [0.2, 0.25) is 11.7 Å². The molecule has 0 saturated carbocycles. The van der Waals surface area contributed by atoms with E-state index in [9.17, 15) is 23.1 Å². The van der Waals surface area contributed by atoms with Crippen molar-refractivity contribution < 1.29 is 36.7 Å². The molecular weight excluding hydrogens is 479 g/mol. The number of carbonyl (C=O) groups excluding carboxylic acids is 1. The first kappa shape index (κ1) is 24.8. The summed E-state index contributed by atoms with van der Waals surface area (Å²) in [5.41, 5.74) is 1.55. The van der Waals surface area contributed by atoms with Crippen molar-refractivity contribution in [2.45, 2.75) is 32.5 Å². The second-order valence-corrected chi connectivity index (χ2v) is 8.03. The van der Waals surface area contributed by atoms with Crippen LogP contribution in [0.1, 0.15) is 31.9 Å². The average molecular weight is 501 g/mol. The number of nitrogens with one attached hydrogen (secondary N) is 1. The van der Waals surface area contributed by atoms with Gasteiger partial charge in [-0.1, -0.05) is 12.1 Å². The number of aromatic nitrogens is 2. The van der Waals surface area contributed by atoms with Gasteiger partial charge in [-0.15, -0.1) is 0 Å². The number of carbonyl (C=O) groups is 1. The minimum absolute atomic E-state index is 0.125. The molecule has 0 aliphatic rings. The van der Waals surface area contributed by atoms with E-state index in [2.05, 4.69) is 20.0 Å². The van der Waals surface area contributed by atoms with E-state index in [4.69, 9.17) is 9.15 Å². The largest absolute Gasteiger partial charge is 0.508 e. The molecule has 0 fully saturated rings. The third-order valence-corrected chi connectivity index (χ3v) is 5.31. The Labute approximate surface area is 203 Å². The lowest BCUT2D eigenvalue weighted by molar-refractivity contribution is -0.159. The van der Waals surface area contributed by atoms with Gasteiger partial charge in [-0.2, -0.15) is 18.2 Å². The molecule has 2 aromatic carbocycles.